The third-order valence-corrected chi connectivity index (χ3v) is 5.39. The van der Waals surface area contributed by atoms with E-state index in [4.69, 9.17) is 16.3 Å². The molecule has 5 rings (SSSR count). The average Bonchev–Trinajstić information content (AvgIpc) is 3.32. The van der Waals surface area contributed by atoms with Gasteiger partial charge in [0, 0.05) is 29.5 Å². The van der Waals surface area contributed by atoms with Crippen LogP contribution in [-0.4, -0.2) is 37.4 Å². The van der Waals surface area contributed by atoms with Crippen LogP contribution in [0.4, 0.5) is 5.69 Å². The number of nitrogens with zero attached hydrogens (tertiary/aromatic N) is 5. The van der Waals surface area contributed by atoms with Crippen molar-refractivity contribution >= 4 is 28.8 Å². The summed E-state index contributed by atoms with van der Waals surface area (Å²) >= 11 is 6.27. The highest BCUT2D eigenvalue weighted by atomic mass is 35.5. The van der Waals surface area contributed by atoms with Crippen molar-refractivity contribution in [3.63, 3.8) is 0 Å². The Bertz CT molecular complexity index is 1240. The van der Waals surface area contributed by atoms with Crippen LogP contribution in [0.5, 0.6) is 5.75 Å². The van der Waals surface area contributed by atoms with Gasteiger partial charge in [0.05, 0.1) is 30.9 Å². The number of carbonyl (C=O) groups is 1. The molecule has 0 unspecified atom stereocenters. The largest absolute Gasteiger partial charge is 0.496 e. The standard InChI is InChI=1S/C21H19ClN6O2/c1-30-18-6-5-14(22)9-15(18)19-17(11-25-28(19)12-13-3-4-13)26-21(29)16-10-24-27-8-2-7-23-20(16)27/h2,5-11,13H,3-4,12H2,1H3,(H,26,29). The highest BCUT2D eigenvalue weighted by Gasteiger charge is 2.26. The van der Waals surface area contributed by atoms with Crippen molar-refractivity contribution in [2.24, 2.45) is 5.92 Å². The number of carbonyl (C=O) groups excluding carboxylic acids is 1. The van der Waals surface area contributed by atoms with E-state index in [-0.39, 0.29) is 5.91 Å². The Morgan fingerprint density at radius 3 is 2.97 bits per heavy atom. The summed E-state index contributed by atoms with van der Waals surface area (Å²) in [5, 5.41) is 12.3. The van der Waals surface area contributed by atoms with Gasteiger partial charge in [0.25, 0.3) is 5.91 Å². The molecule has 1 aliphatic rings. The molecule has 0 saturated heterocycles. The second-order valence-electron chi connectivity index (χ2n) is 7.28. The molecule has 9 heteroatoms. The summed E-state index contributed by atoms with van der Waals surface area (Å²) in [5.41, 5.74) is 2.99. The summed E-state index contributed by atoms with van der Waals surface area (Å²) in [6, 6.07) is 7.17. The Morgan fingerprint density at radius 2 is 2.17 bits per heavy atom. The van der Waals surface area contributed by atoms with Crippen molar-refractivity contribution in [1.29, 1.82) is 0 Å². The molecule has 4 aromatic rings. The molecule has 1 N–H and O–H groups in total. The Morgan fingerprint density at radius 1 is 1.30 bits per heavy atom. The van der Waals surface area contributed by atoms with Gasteiger partial charge in [-0.05, 0) is 43.0 Å². The zero-order valence-corrected chi connectivity index (χ0v) is 17.0. The van der Waals surface area contributed by atoms with E-state index in [0.717, 1.165) is 17.8 Å². The van der Waals surface area contributed by atoms with E-state index >= 15 is 0 Å². The molecule has 0 radical (unpaired) electrons. The highest BCUT2D eigenvalue weighted by Crippen LogP contribution is 2.39. The highest BCUT2D eigenvalue weighted by molar-refractivity contribution is 6.31. The minimum Gasteiger partial charge on any atom is -0.496 e. The summed E-state index contributed by atoms with van der Waals surface area (Å²) in [6.07, 6.45) is 8.91. The van der Waals surface area contributed by atoms with Crippen molar-refractivity contribution < 1.29 is 9.53 Å². The molecule has 0 spiro atoms. The first-order chi connectivity index (χ1) is 14.6. The fourth-order valence-corrected chi connectivity index (χ4v) is 3.66. The van der Waals surface area contributed by atoms with E-state index in [1.807, 2.05) is 16.8 Å². The van der Waals surface area contributed by atoms with E-state index in [0.29, 0.717) is 33.6 Å². The Hall–Kier alpha value is -3.39. The summed E-state index contributed by atoms with van der Waals surface area (Å²) < 4.78 is 9.03. The number of aromatic nitrogens is 5. The zero-order valence-electron chi connectivity index (χ0n) is 16.2. The number of nitrogens with one attached hydrogen (secondary N) is 1. The molecule has 1 saturated carbocycles. The van der Waals surface area contributed by atoms with Gasteiger partial charge in [0.15, 0.2) is 5.65 Å². The van der Waals surface area contributed by atoms with Gasteiger partial charge in [-0.2, -0.15) is 10.2 Å². The van der Waals surface area contributed by atoms with Crippen molar-refractivity contribution in [2.45, 2.75) is 19.4 Å². The third-order valence-electron chi connectivity index (χ3n) is 5.16. The van der Waals surface area contributed by atoms with Gasteiger partial charge in [-0.1, -0.05) is 11.6 Å². The van der Waals surface area contributed by atoms with Crippen molar-refractivity contribution in [1.82, 2.24) is 24.4 Å². The predicted octanol–water partition coefficient (Wildman–Crippen LogP) is 3.92. The van der Waals surface area contributed by atoms with Crippen LogP contribution in [0.3, 0.4) is 0 Å². The topological polar surface area (TPSA) is 86.3 Å². The lowest BCUT2D eigenvalue weighted by atomic mass is 10.1. The predicted molar refractivity (Wildman–Crippen MR) is 113 cm³/mol. The minimum absolute atomic E-state index is 0.308. The molecule has 1 amide bonds. The normalized spacial score (nSPS) is 13.5. The fourth-order valence-electron chi connectivity index (χ4n) is 3.49. The van der Waals surface area contributed by atoms with Gasteiger partial charge < -0.3 is 10.1 Å². The second-order valence-corrected chi connectivity index (χ2v) is 7.71. The summed E-state index contributed by atoms with van der Waals surface area (Å²) in [6.45, 7) is 0.777. The van der Waals surface area contributed by atoms with Crippen LogP contribution in [-0.2, 0) is 6.54 Å². The van der Waals surface area contributed by atoms with Gasteiger partial charge in [0.2, 0.25) is 0 Å². The minimum atomic E-state index is -0.308. The molecule has 152 valence electrons. The van der Waals surface area contributed by atoms with Gasteiger partial charge in [-0.25, -0.2) is 9.50 Å². The van der Waals surface area contributed by atoms with Crippen molar-refractivity contribution in [2.75, 3.05) is 12.4 Å². The lowest BCUT2D eigenvalue weighted by Crippen LogP contribution is -2.13. The monoisotopic (exact) mass is 422 g/mol. The van der Waals surface area contributed by atoms with Gasteiger partial charge >= 0.3 is 0 Å². The number of ether oxygens (including phenoxy) is 1. The number of fused-ring (bicyclic) bond motifs is 1. The lowest BCUT2D eigenvalue weighted by Gasteiger charge is -2.14. The molecular weight excluding hydrogens is 404 g/mol. The van der Waals surface area contributed by atoms with Crippen LogP contribution < -0.4 is 10.1 Å². The van der Waals surface area contributed by atoms with Crippen molar-refractivity contribution in [3.05, 3.63) is 59.6 Å². The van der Waals surface area contributed by atoms with Crippen LogP contribution in [0.1, 0.15) is 23.2 Å². The van der Waals surface area contributed by atoms with Crippen LogP contribution in [0, 0.1) is 5.92 Å². The molecule has 3 heterocycles. The number of benzene rings is 1. The molecule has 1 fully saturated rings. The van der Waals surface area contributed by atoms with E-state index < -0.39 is 0 Å². The lowest BCUT2D eigenvalue weighted by molar-refractivity contribution is 0.102. The maximum Gasteiger partial charge on any atom is 0.261 e. The first kappa shape index (κ1) is 18.6. The smallest absolute Gasteiger partial charge is 0.261 e. The van der Waals surface area contributed by atoms with E-state index in [1.165, 1.54) is 19.0 Å². The molecule has 1 aromatic carbocycles. The summed E-state index contributed by atoms with van der Waals surface area (Å²) in [5.74, 6) is 0.947. The maximum absolute atomic E-state index is 13.0. The molecular formula is C21H19ClN6O2. The van der Waals surface area contributed by atoms with E-state index in [2.05, 4.69) is 20.5 Å². The third kappa shape index (κ3) is 3.39. The van der Waals surface area contributed by atoms with Crippen LogP contribution in [0.2, 0.25) is 5.02 Å². The summed E-state index contributed by atoms with van der Waals surface area (Å²) in [4.78, 5) is 17.3. The molecule has 0 atom stereocenters. The average molecular weight is 423 g/mol. The summed E-state index contributed by atoms with van der Waals surface area (Å²) in [7, 11) is 1.61. The molecule has 30 heavy (non-hydrogen) atoms. The zero-order chi connectivity index (χ0) is 20.7. The fraction of sp³-hybridized carbons (Fsp3) is 0.238. The molecule has 1 aliphatic carbocycles. The number of halogens is 1. The van der Waals surface area contributed by atoms with Crippen molar-refractivity contribution in [3.8, 4) is 17.0 Å². The number of hydrogen-bond acceptors (Lipinski definition) is 5. The SMILES string of the molecule is COc1ccc(Cl)cc1-c1c(NC(=O)c2cnn3cccnc23)cnn1CC1CC1. The number of rotatable bonds is 6. The van der Waals surface area contributed by atoms with Crippen LogP contribution >= 0.6 is 11.6 Å². The quantitative estimate of drug-likeness (QED) is 0.509. The first-order valence-corrected chi connectivity index (χ1v) is 10.0. The van der Waals surface area contributed by atoms with E-state index in [1.54, 1.807) is 42.3 Å². The molecule has 0 bridgehead atoms. The molecule has 0 aliphatic heterocycles. The number of amides is 1. The Balaban J connectivity index is 1.56. The number of anilines is 1. The molecule has 3 aromatic heterocycles. The number of methoxy groups -OCH3 is 1. The molecule has 8 nitrogen and oxygen atoms in total. The number of hydrogen-bond donors (Lipinski definition) is 1. The van der Waals surface area contributed by atoms with Gasteiger partial charge in [-0.3, -0.25) is 9.48 Å². The Labute approximate surface area is 177 Å². The Kier molecular flexibility index (Phi) is 4.63. The van der Waals surface area contributed by atoms with Crippen LogP contribution in [0.25, 0.3) is 16.9 Å². The maximum atomic E-state index is 13.0. The van der Waals surface area contributed by atoms with E-state index in [9.17, 15) is 4.79 Å². The first-order valence-electron chi connectivity index (χ1n) is 9.63. The van der Waals surface area contributed by atoms with Gasteiger partial charge in [0.1, 0.15) is 11.3 Å². The van der Waals surface area contributed by atoms with Gasteiger partial charge in [-0.15, -0.1) is 0 Å². The van der Waals surface area contributed by atoms with Crippen LogP contribution in [0.15, 0.2) is 49.1 Å². The second kappa shape index (κ2) is 7.46.